The maximum absolute atomic E-state index is 15.2. The van der Waals surface area contributed by atoms with Gasteiger partial charge in [0.05, 0.1) is 45.1 Å². The predicted molar refractivity (Wildman–Crippen MR) is 190 cm³/mol. The molecule has 7 rings (SSSR count). The first kappa shape index (κ1) is 35.7. The lowest BCUT2D eigenvalue weighted by Crippen LogP contribution is -2.42. The number of carbonyl (C=O) groups excluding carboxylic acids is 1. The first-order valence-electron chi connectivity index (χ1n) is 16.3. The maximum Gasteiger partial charge on any atom is 0.335 e. The zero-order valence-corrected chi connectivity index (χ0v) is 28.9. The van der Waals surface area contributed by atoms with Gasteiger partial charge < -0.3 is 10.4 Å². The van der Waals surface area contributed by atoms with Gasteiger partial charge in [0.1, 0.15) is 23.5 Å². The number of benzene rings is 2. The minimum absolute atomic E-state index is 0.0913. The fourth-order valence-corrected chi connectivity index (χ4v) is 6.76. The lowest BCUT2D eigenvalue weighted by atomic mass is 10.1. The number of carbonyl (C=O) groups is 2. The summed E-state index contributed by atoms with van der Waals surface area (Å²) in [6.07, 6.45) is 8.93. The summed E-state index contributed by atoms with van der Waals surface area (Å²) in [5.74, 6) is -4.33. The summed E-state index contributed by atoms with van der Waals surface area (Å²) in [5.41, 5.74) is -1.13. The molecule has 15 nitrogen and oxygen atoms in total. The van der Waals surface area contributed by atoms with E-state index >= 15 is 8.78 Å². The van der Waals surface area contributed by atoms with Crippen LogP contribution in [0.3, 0.4) is 0 Å². The Bertz CT molecular complexity index is 2680. The summed E-state index contributed by atoms with van der Waals surface area (Å²) < 4.78 is 60.5. The van der Waals surface area contributed by atoms with Crippen LogP contribution in [0.25, 0.3) is 27.7 Å². The van der Waals surface area contributed by atoms with Crippen LogP contribution in [0.4, 0.5) is 14.5 Å². The number of rotatable bonds is 11. The van der Waals surface area contributed by atoms with Gasteiger partial charge in [-0.3, -0.25) is 28.8 Å². The average Bonchev–Trinajstić information content (AvgIpc) is 4.02. The van der Waals surface area contributed by atoms with Crippen molar-refractivity contribution in [3.05, 3.63) is 135 Å². The second-order valence-corrected chi connectivity index (χ2v) is 14.2. The molecule has 1 fully saturated rings. The van der Waals surface area contributed by atoms with E-state index in [1.807, 2.05) is 4.72 Å². The third-order valence-corrected chi connectivity index (χ3v) is 10.2. The second kappa shape index (κ2) is 14.0. The number of fused-ring (bicyclic) bond motifs is 1. The van der Waals surface area contributed by atoms with Crippen LogP contribution in [0.2, 0.25) is 0 Å². The highest BCUT2D eigenvalue weighted by Crippen LogP contribution is 2.38. The van der Waals surface area contributed by atoms with Gasteiger partial charge >= 0.3 is 11.7 Å². The molecule has 0 saturated heterocycles. The van der Waals surface area contributed by atoms with Crippen molar-refractivity contribution in [2.45, 2.75) is 36.1 Å². The van der Waals surface area contributed by atoms with E-state index in [0.717, 1.165) is 23.2 Å². The summed E-state index contributed by atoms with van der Waals surface area (Å²) in [5, 5.41) is 12.1. The lowest BCUT2D eigenvalue weighted by Gasteiger charge is -2.16. The van der Waals surface area contributed by atoms with Crippen LogP contribution in [0.15, 0.2) is 100 Å². The quantitative estimate of drug-likeness (QED) is 0.175. The van der Waals surface area contributed by atoms with Crippen molar-refractivity contribution in [1.82, 2.24) is 34.4 Å². The molecule has 18 heteroatoms. The Balaban J connectivity index is 1.03. The van der Waals surface area contributed by atoms with Crippen LogP contribution in [-0.2, 0) is 28.3 Å². The van der Waals surface area contributed by atoms with E-state index < -0.39 is 68.5 Å². The Hall–Kier alpha value is -6.69. The van der Waals surface area contributed by atoms with Crippen LogP contribution in [0, 0.1) is 11.6 Å². The van der Waals surface area contributed by atoms with Gasteiger partial charge in [-0.05, 0) is 54.8 Å². The van der Waals surface area contributed by atoms with Crippen molar-refractivity contribution >= 4 is 38.5 Å². The molecule has 0 radical (unpaired) electrons. The number of aryl methyl sites for hydroxylation is 1. The predicted octanol–water partition coefficient (Wildman–Crippen LogP) is 3.32. The van der Waals surface area contributed by atoms with Gasteiger partial charge in [-0.2, -0.15) is 0 Å². The van der Waals surface area contributed by atoms with E-state index in [1.54, 1.807) is 12.4 Å². The Morgan fingerprint density at radius 3 is 2.30 bits per heavy atom. The van der Waals surface area contributed by atoms with Gasteiger partial charge in [-0.15, -0.1) is 0 Å². The molecule has 1 amide bonds. The van der Waals surface area contributed by atoms with Crippen molar-refractivity contribution in [3.8, 4) is 16.8 Å². The highest BCUT2D eigenvalue weighted by atomic mass is 32.2. The number of hydrogen-bond donors (Lipinski definition) is 3. The second-order valence-electron chi connectivity index (χ2n) is 12.5. The molecule has 274 valence electrons. The average molecular weight is 755 g/mol. The first-order chi connectivity index (χ1) is 25.8. The summed E-state index contributed by atoms with van der Waals surface area (Å²) in [4.78, 5) is 67.6. The molecule has 0 bridgehead atoms. The van der Waals surface area contributed by atoms with Gasteiger partial charge in [-0.1, -0.05) is 12.1 Å². The number of carboxylic acids is 1. The largest absolute Gasteiger partial charge is 0.480 e. The number of halogens is 2. The number of nitrogens with one attached hydrogen (secondary N) is 2. The standard InChI is InChI=1S/C36H28F2N8O7S/c1-45-31-18-39-11-10-25(31)34(48)46(36(45)51)23-7-6-22(40-17-23)12-30(35(49)50)43-33(47)26-13-28(38)29(14-27(26)37)44-54(52,53)24-8-4-19(5-9-24)21-15-41-32(42-16-21)20-2-3-20/h4-11,13-18,20,30,44H,2-3,12H2,1H3,(H,43,47)(H,49,50)/t30-/m0/s1. The summed E-state index contributed by atoms with van der Waals surface area (Å²) >= 11 is 0. The number of aliphatic carboxylic acids is 1. The van der Waals surface area contributed by atoms with E-state index in [2.05, 4.69) is 25.3 Å². The summed E-state index contributed by atoms with van der Waals surface area (Å²) in [7, 11) is -2.94. The van der Waals surface area contributed by atoms with Gasteiger partial charge in [0.15, 0.2) is 0 Å². The number of amides is 1. The number of anilines is 1. The molecular weight excluding hydrogens is 727 g/mol. The third-order valence-electron chi connectivity index (χ3n) is 8.82. The van der Waals surface area contributed by atoms with Crippen LogP contribution in [0.5, 0.6) is 0 Å². The molecule has 1 aliphatic carbocycles. The van der Waals surface area contributed by atoms with E-state index in [1.165, 1.54) is 72.7 Å². The first-order valence-corrected chi connectivity index (χ1v) is 17.8. The molecule has 1 atom stereocenters. The topological polar surface area (TPSA) is 208 Å². The molecule has 1 saturated carbocycles. The van der Waals surface area contributed by atoms with E-state index in [9.17, 15) is 32.7 Å². The van der Waals surface area contributed by atoms with Gasteiger partial charge in [0.25, 0.3) is 21.5 Å². The monoisotopic (exact) mass is 754 g/mol. The minimum Gasteiger partial charge on any atom is -0.480 e. The Kier molecular flexibility index (Phi) is 9.28. The van der Waals surface area contributed by atoms with E-state index in [-0.39, 0.29) is 21.7 Å². The molecular formula is C36H28F2N8O7S. The van der Waals surface area contributed by atoms with Gasteiger partial charge in [0.2, 0.25) is 0 Å². The molecule has 2 aromatic carbocycles. The number of carboxylic acid groups (broad SMARTS) is 1. The third kappa shape index (κ3) is 7.05. The normalized spacial score (nSPS) is 13.4. The maximum atomic E-state index is 15.2. The van der Waals surface area contributed by atoms with Crippen molar-refractivity contribution in [2.75, 3.05) is 4.72 Å². The smallest absolute Gasteiger partial charge is 0.335 e. The van der Waals surface area contributed by atoms with Crippen LogP contribution < -0.4 is 21.3 Å². The number of pyridine rings is 2. The van der Waals surface area contributed by atoms with Gasteiger partial charge in [0, 0.05) is 55.3 Å². The molecule has 0 spiro atoms. The number of sulfonamides is 1. The zero-order chi connectivity index (χ0) is 38.3. The Morgan fingerprint density at radius 2 is 1.65 bits per heavy atom. The lowest BCUT2D eigenvalue weighted by molar-refractivity contribution is -0.139. The fourth-order valence-electron chi connectivity index (χ4n) is 5.71. The molecule has 54 heavy (non-hydrogen) atoms. The van der Waals surface area contributed by atoms with Crippen molar-refractivity contribution in [2.24, 2.45) is 7.05 Å². The Labute approximate surface area is 304 Å². The van der Waals surface area contributed by atoms with E-state index in [0.29, 0.717) is 34.7 Å². The summed E-state index contributed by atoms with van der Waals surface area (Å²) in [6, 6.07) is 9.00. The molecule has 0 unspecified atom stereocenters. The van der Waals surface area contributed by atoms with Crippen molar-refractivity contribution in [1.29, 1.82) is 0 Å². The summed E-state index contributed by atoms with van der Waals surface area (Å²) in [6.45, 7) is 0. The van der Waals surface area contributed by atoms with Crippen LogP contribution in [0.1, 0.15) is 40.6 Å². The van der Waals surface area contributed by atoms with E-state index in [4.69, 9.17) is 0 Å². The molecule has 4 heterocycles. The molecule has 0 aliphatic heterocycles. The highest BCUT2D eigenvalue weighted by Gasteiger charge is 2.27. The molecule has 1 aliphatic rings. The number of nitrogens with zero attached hydrogens (tertiary/aromatic N) is 6. The minimum atomic E-state index is -4.41. The Morgan fingerprint density at radius 1 is 0.926 bits per heavy atom. The molecule has 3 N–H and O–H groups in total. The SMILES string of the molecule is Cn1c(=O)n(-c2ccc(C[C@H](NC(=O)c3cc(F)c(NS(=O)(=O)c4ccc(-c5cnc(C6CC6)nc5)cc4)cc3F)C(=O)O)nc2)c(=O)c2ccncc21. The van der Waals surface area contributed by atoms with Crippen molar-refractivity contribution in [3.63, 3.8) is 0 Å². The molecule has 4 aromatic heterocycles. The van der Waals surface area contributed by atoms with Crippen molar-refractivity contribution < 1.29 is 31.9 Å². The van der Waals surface area contributed by atoms with Crippen LogP contribution >= 0.6 is 0 Å². The molecule has 6 aromatic rings. The zero-order valence-electron chi connectivity index (χ0n) is 28.1. The number of hydrogen-bond acceptors (Lipinski definition) is 10. The fraction of sp³-hybridized carbons (Fsp3) is 0.167. The van der Waals surface area contributed by atoms with Crippen LogP contribution in [-0.4, -0.2) is 60.5 Å². The number of aromatic nitrogens is 6. The van der Waals surface area contributed by atoms with Gasteiger partial charge in [-0.25, -0.2) is 41.3 Å². The highest BCUT2D eigenvalue weighted by molar-refractivity contribution is 7.92.